The first-order valence-electron chi connectivity index (χ1n) is 8.68. The Morgan fingerprint density at radius 2 is 2.19 bits per heavy atom. The standard InChI is InChI=1S/C19H25N5O2/c1-3-26-11-14(20)10-21-16-8-13-9-22-19(25)17(13)18(24-16)23-15-6-4-5-12(2)7-15/h4-9,14,21-22,25H,3,10-11,20H2,1-2H3,(H,23,24)/t14-/m1/s1. The maximum absolute atomic E-state index is 10.1. The summed E-state index contributed by atoms with van der Waals surface area (Å²) >= 11 is 0. The molecule has 0 spiro atoms. The van der Waals surface area contributed by atoms with Crippen LogP contribution in [0.25, 0.3) is 10.8 Å². The molecule has 0 amide bonds. The minimum absolute atomic E-state index is 0.0854. The molecule has 0 saturated heterocycles. The number of pyridine rings is 1. The van der Waals surface area contributed by atoms with Crippen LogP contribution in [0.5, 0.6) is 5.88 Å². The number of aromatic hydroxyl groups is 1. The third-order valence-electron chi connectivity index (χ3n) is 4.01. The number of hydrogen-bond donors (Lipinski definition) is 5. The summed E-state index contributed by atoms with van der Waals surface area (Å²) in [5.74, 6) is 1.34. The van der Waals surface area contributed by atoms with Crippen molar-refractivity contribution in [2.75, 3.05) is 30.4 Å². The van der Waals surface area contributed by atoms with Gasteiger partial charge in [-0.05, 0) is 37.6 Å². The molecule has 7 heteroatoms. The van der Waals surface area contributed by atoms with Crippen molar-refractivity contribution >= 4 is 28.1 Å². The Kier molecular flexibility index (Phi) is 5.60. The summed E-state index contributed by atoms with van der Waals surface area (Å²) in [6, 6.07) is 9.73. The zero-order chi connectivity index (χ0) is 18.5. The highest BCUT2D eigenvalue weighted by Crippen LogP contribution is 2.33. The molecule has 0 unspecified atom stereocenters. The largest absolute Gasteiger partial charge is 0.494 e. The fraction of sp³-hybridized carbons (Fsp3) is 0.316. The molecule has 2 aromatic heterocycles. The molecular weight excluding hydrogens is 330 g/mol. The highest BCUT2D eigenvalue weighted by molar-refractivity contribution is 5.99. The van der Waals surface area contributed by atoms with E-state index in [4.69, 9.17) is 10.5 Å². The number of anilines is 3. The quantitative estimate of drug-likeness (QED) is 0.425. The third kappa shape index (κ3) is 4.25. The summed E-state index contributed by atoms with van der Waals surface area (Å²) in [4.78, 5) is 7.45. The minimum Gasteiger partial charge on any atom is -0.494 e. The van der Waals surface area contributed by atoms with Crippen molar-refractivity contribution in [1.29, 1.82) is 0 Å². The van der Waals surface area contributed by atoms with Crippen LogP contribution in [0.3, 0.4) is 0 Å². The van der Waals surface area contributed by atoms with E-state index in [0.29, 0.717) is 36.8 Å². The van der Waals surface area contributed by atoms with Crippen LogP contribution in [0.2, 0.25) is 0 Å². The monoisotopic (exact) mass is 355 g/mol. The molecule has 0 radical (unpaired) electrons. The number of rotatable bonds is 8. The number of nitrogens with one attached hydrogen (secondary N) is 3. The van der Waals surface area contributed by atoms with Gasteiger partial charge in [-0.15, -0.1) is 0 Å². The van der Waals surface area contributed by atoms with Crippen LogP contribution in [-0.2, 0) is 4.74 Å². The molecule has 26 heavy (non-hydrogen) atoms. The molecule has 1 atom stereocenters. The highest BCUT2D eigenvalue weighted by atomic mass is 16.5. The zero-order valence-corrected chi connectivity index (χ0v) is 15.0. The van der Waals surface area contributed by atoms with E-state index < -0.39 is 0 Å². The number of aryl methyl sites for hydroxylation is 1. The molecule has 1 aromatic carbocycles. The van der Waals surface area contributed by atoms with E-state index in [0.717, 1.165) is 16.6 Å². The lowest BCUT2D eigenvalue weighted by atomic mass is 10.2. The van der Waals surface area contributed by atoms with Gasteiger partial charge in [0.1, 0.15) is 11.6 Å². The number of nitrogens with two attached hydrogens (primary N) is 1. The molecular formula is C19H25N5O2. The Morgan fingerprint density at radius 3 is 2.96 bits per heavy atom. The predicted octanol–water partition coefficient (Wildman–Crippen LogP) is 3.10. The van der Waals surface area contributed by atoms with Gasteiger partial charge in [0.05, 0.1) is 12.0 Å². The Bertz CT molecular complexity index is 877. The van der Waals surface area contributed by atoms with E-state index in [1.165, 1.54) is 0 Å². The average Bonchev–Trinajstić information content (AvgIpc) is 2.99. The van der Waals surface area contributed by atoms with Gasteiger partial charge in [0, 0.05) is 36.5 Å². The summed E-state index contributed by atoms with van der Waals surface area (Å²) in [6.07, 6.45) is 1.75. The van der Waals surface area contributed by atoms with Gasteiger partial charge < -0.3 is 31.2 Å². The van der Waals surface area contributed by atoms with Crippen LogP contribution >= 0.6 is 0 Å². The molecule has 0 aliphatic carbocycles. The van der Waals surface area contributed by atoms with Crippen LogP contribution in [0.15, 0.2) is 36.5 Å². The molecule has 3 aromatic rings. The lowest BCUT2D eigenvalue weighted by Crippen LogP contribution is -2.34. The first-order chi connectivity index (χ1) is 12.6. The van der Waals surface area contributed by atoms with E-state index in [2.05, 4.69) is 20.6 Å². The Hall–Kier alpha value is -2.77. The number of H-pyrrole nitrogens is 1. The van der Waals surface area contributed by atoms with E-state index in [1.807, 2.05) is 44.2 Å². The lowest BCUT2D eigenvalue weighted by molar-refractivity contribution is 0.136. The SMILES string of the molecule is CCOC[C@H](N)CNc1cc2c[nH]c(O)c2c(Nc2cccc(C)c2)n1. The zero-order valence-electron chi connectivity index (χ0n) is 15.0. The molecule has 0 aliphatic rings. The third-order valence-corrected chi connectivity index (χ3v) is 4.01. The summed E-state index contributed by atoms with van der Waals surface area (Å²) in [5, 5.41) is 18.2. The molecule has 6 N–H and O–H groups in total. The number of benzene rings is 1. The second kappa shape index (κ2) is 8.07. The van der Waals surface area contributed by atoms with E-state index in [1.54, 1.807) is 6.20 Å². The first-order valence-corrected chi connectivity index (χ1v) is 8.68. The summed E-state index contributed by atoms with van der Waals surface area (Å²) in [7, 11) is 0. The van der Waals surface area contributed by atoms with Crippen molar-refractivity contribution in [3.63, 3.8) is 0 Å². The van der Waals surface area contributed by atoms with Gasteiger partial charge in [0.25, 0.3) is 0 Å². The maximum Gasteiger partial charge on any atom is 0.200 e. The van der Waals surface area contributed by atoms with Crippen molar-refractivity contribution in [3.8, 4) is 5.88 Å². The molecule has 3 rings (SSSR count). The van der Waals surface area contributed by atoms with E-state index >= 15 is 0 Å². The smallest absolute Gasteiger partial charge is 0.200 e. The van der Waals surface area contributed by atoms with Crippen molar-refractivity contribution in [2.45, 2.75) is 19.9 Å². The summed E-state index contributed by atoms with van der Waals surface area (Å²) < 4.78 is 5.34. The lowest BCUT2D eigenvalue weighted by Gasteiger charge is -2.15. The molecule has 0 fully saturated rings. The summed E-state index contributed by atoms with van der Waals surface area (Å²) in [5.41, 5.74) is 8.07. The van der Waals surface area contributed by atoms with Crippen LogP contribution in [-0.4, -0.2) is 40.9 Å². The number of nitrogens with zero attached hydrogens (tertiary/aromatic N) is 1. The number of aromatic nitrogens is 2. The van der Waals surface area contributed by atoms with Gasteiger partial charge in [-0.1, -0.05) is 12.1 Å². The van der Waals surface area contributed by atoms with Crippen molar-refractivity contribution in [1.82, 2.24) is 9.97 Å². The van der Waals surface area contributed by atoms with Crippen molar-refractivity contribution < 1.29 is 9.84 Å². The Labute approximate surface area is 152 Å². The molecule has 0 bridgehead atoms. The second-order valence-electron chi connectivity index (χ2n) is 6.25. The van der Waals surface area contributed by atoms with Crippen LogP contribution < -0.4 is 16.4 Å². The number of hydrogen-bond acceptors (Lipinski definition) is 6. The molecule has 138 valence electrons. The molecule has 2 heterocycles. The van der Waals surface area contributed by atoms with Crippen LogP contribution in [0.1, 0.15) is 12.5 Å². The molecule has 7 nitrogen and oxygen atoms in total. The first kappa shape index (κ1) is 18.0. The van der Waals surface area contributed by atoms with Gasteiger partial charge in [-0.3, -0.25) is 0 Å². The van der Waals surface area contributed by atoms with Gasteiger partial charge in [0.15, 0.2) is 5.88 Å². The Morgan fingerprint density at radius 1 is 1.35 bits per heavy atom. The van der Waals surface area contributed by atoms with Crippen molar-refractivity contribution in [2.24, 2.45) is 5.73 Å². The van der Waals surface area contributed by atoms with Crippen LogP contribution in [0.4, 0.5) is 17.3 Å². The Balaban J connectivity index is 1.85. The minimum atomic E-state index is -0.125. The number of aromatic amines is 1. The summed E-state index contributed by atoms with van der Waals surface area (Å²) in [6.45, 7) is 5.64. The fourth-order valence-electron chi connectivity index (χ4n) is 2.75. The predicted molar refractivity (Wildman–Crippen MR) is 105 cm³/mol. The topological polar surface area (TPSA) is 108 Å². The van der Waals surface area contributed by atoms with E-state index in [9.17, 15) is 5.11 Å². The molecule has 0 saturated carbocycles. The number of fused-ring (bicyclic) bond motifs is 1. The second-order valence-corrected chi connectivity index (χ2v) is 6.25. The maximum atomic E-state index is 10.1. The number of ether oxygens (including phenoxy) is 1. The van der Waals surface area contributed by atoms with Crippen molar-refractivity contribution in [3.05, 3.63) is 42.1 Å². The highest BCUT2D eigenvalue weighted by Gasteiger charge is 2.13. The van der Waals surface area contributed by atoms with Gasteiger partial charge in [-0.2, -0.15) is 0 Å². The van der Waals surface area contributed by atoms with Gasteiger partial charge >= 0.3 is 0 Å². The van der Waals surface area contributed by atoms with Gasteiger partial charge in [-0.25, -0.2) is 4.98 Å². The fourth-order valence-corrected chi connectivity index (χ4v) is 2.75. The molecule has 0 aliphatic heterocycles. The van der Waals surface area contributed by atoms with Crippen LogP contribution in [0, 0.1) is 6.92 Å². The average molecular weight is 355 g/mol. The normalized spacial score (nSPS) is 12.3. The van der Waals surface area contributed by atoms with Gasteiger partial charge in [0.2, 0.25) is 0 Å². The van der Waals surface area contributed by atoms with E-state index in [-0.39, 0.29) is 11.9 Å².